The summed E-state index contributed by atoms with van der Waals surface area (Å²) in [6, 6.07) is 0. The molecule has 2 nitrogen and oxygen atoms in total. The summed E-state index contributed by atoms with van der Waals surface area (Å²) in [6.45, 7) is 0. The minimum atomic E-state index is -4.48. The highest BCUT2D eigenvalue weighted by Gasteiger charge is 2.39. The van der Waals surface area contributed by atoms with Crippen LogP contribution in [0.1, 0.15) is 19.3 Å². The average molecular weight is 231 g/mol. The molecule has 1 saturated carbocycles. The van der Waals surface area contributed by atoms with Crippen LogP contribution in [-0.4, -0.2) is 12.1 Å². The number of alkyl halides is 3. The lowest BCUT2D eigenvalue weighted by Crippen LogP contribution is -2.18. The van der Waals surface area contributed by atoms with E-state index in [-0.39, 0.29) is 11.7 Å². The zero-order valence-corrected chi connectivity index (χ0v) is 8.38. The summed E-state index contributed by atoms with van der Waals surface area (Å²) < 4.78 is 42.4. The summed E-state index contributed by atoms with van der Waals surface area (Å²) in [5.74, 6) is -1.11. The van der Waals surface area contributed by atoms with Crippen LogP contribution in [0.5, 0.6) is 0 Å². The number of esters is 1. The van der Waals surface area contributed by atoms with E-state index in [4.69, 9.17) is 4.74 Å². The Hall–Kier alpha value is -1.26. The summed E-state index contributed by atoms with van der Waals surface area (Å²) in [4.78, 5) is 11.3. The molecule has 1 radical (unpaired) electrons. The van der Waals surface area contributed by atoms with Crippen LogP contribution in [0.15, 0.2) is 23.5 Å². The summed E-state index contributed by atoms with van der Waals surface area (Å²) in [5.41, 5.74) is -0.882. The van der Waals surface area contributed by atoms with Crippen molar-refractivity contribution < 1.29 is 22.7 Å². The molecule has 2 aliphatic rings. The highest BCUT2D eigenvalue weighted by atomic mass is 19.4. The van der Waals surface area contributed by atoms with Gasteiger partial charge in [0.2, 0.25) is 0 Å². The van der Waals surface area contributed by atoms with Gasteiger partial charge in [0.15, 0.2) is 0 Å². The van der Waals surface area contributed by atoms with E-state index in [2.05, 4.69) is 0 Å². The smallest absolute Gasteiger partial charge is 0.419 e. The molecular weight excluding hydrogens is 221 g/mol. The number of halogens is 3. The maximum Gasteiger partial charge on any atom is 0.419 e. The Bertz CT molecular complexity index is 362. The Morgan fingerprint density at radius 3 is 2.62 bits per heavy atom. The van der Waals surface area contributed by atoms with Gasteiger partial charge in [-0.25, -0.2) is 0 Å². The van der Waals surface area contributed by atoms with Gasteiger partial charge in [-0.2, -0.15) is 13.2 Å². The predicted octanol–water partition coefficient (Wildman–Crippen LogP) is 2.92. The Morgan fingerprint density at radius 1 is 1.38 bits per heavy atom. The van der Waals surface area contributed by atoms with Crippen molar-refractivity contribution in [2.75, 3.05) is 0 Å². The van der Waals surface area contributed by atoms with Crippen LogP contribution >= 0.6 is 0 Å². The Kier molecular flexibility index (Phi) is 2.78. The SMILES string of the molecule is O=C(OC1=C(C(F)(F)F)C=CC[CH]1)C1CC1. The third-order valence-corrected chi connectivity index (χ3v) is 2.42. The predicted molar refractivity (Wildman–Crippen MR) is 50.0 cm³/mol. The van der Waals surface area contributed by atoms with Crippen molar-refractivity contribution in [2.45, 2.75) is 25.4 Å². The number of rotatable bonds is 2. The van der Waals surface area contributed by atoms with Crippen LogP contribution in [0.4, 0.5) is 13.2 Å². The maximum absolute atomic E-state index is 12.5. The quantitative estimate of drug-likeness (QED) is 0.683. The molecule has 0 bridgehead atoms. The largest absolute Gasteiger partial charge is 0.430 e. The van der Waals surface area contributed by atoms with Gasteiger partial charge in [0, 0.05) is 6.42 Å². The van der Waals surface area contributed by atoms with Crippen LogP contribution in [-0.2, 0) is 9.53 Å². The molecule has 2 aliphatic carbocycles. The second kappa shape index (κ2) is 3.96. The fraction of sp³-hybridized carbons (Fsp3) is 0.455. The molecule has 0 heterocycles. The van der Waals surface area contributed by atoms with Crippen molar-refractivity contribution in [2.24, 2.45) is 5.92 Å². The number of allylic oxidation sites excluding steroid dienone is 4. The molecule has 0 N–H and O–H groups in total. The van der Waals surface area contributed by atoms with Gasteiger partial charge >= 0.3 is 12.1 Å². The van der Waals surface area contributed by atoms with Gasteiger partial charge in [-0.1, -0.05) is 12.2 Å². The highest BCUT2D eigenvalue weighted by Crippen LogP contribution is 2.36. The molecule has 0 aliphatic heterocycles. The fourth-order valence-electron chi connectivity index (χ4n) is 1.39. The van der Waals surface area contributed by atoms with Crippen LogP contribution in [0.2, 0.25) is 0 Å². The Balaban J connectivity index is 2.16. The summed E-state index contributed by atoms with van der Waals surface area (Å²) in [7, 11) is 0. The van der Waals surface area contributed by atoms with E-state index in [1.165, 1.54) is 12.5 Å². The molecule has 0 aromatic heterocycles. The average Bonchev–Trinajstić information content (AvgIpc) is 2.99. The van der Waals surface area contributed by atoms with E-state index in [0.29, 0.717) is 19.3 Å². The number of ether oxygens (including phenoxy) is 1. The van der Waals surface area contributed by atoms with E-state index >= 15 is 0 Å². The third kappa shape index (κ3) is 2.46. The van der Waals surface area contributed by atoms with Crippen LogP contribution in [0, 0.1) is 12.3 Å². The number of hydrogen-bond acceptors (Lipinski definition) is 2. The van der Waals surface area contributed by atoms with Gasteiger partial charge in [-0.15, -0.1) is 0 Å². The third-order valence-electron chi connectivity index (χ3n) is 2.42. The van der Waals surface area contributed by atoms with Gasteiger partial charge in [-0.05, 0) is 19.3 Å². The standard InChI is InChI=1S/C11H10F3O2/c12-11(13,14)8-3-1-2-4-9(8)16-10(15)7-5-6-7/h1,3-4,7H,2,5-6H2. The molecule has 16 heavy (non-hydrogen) atoms. The topological polar surface area (TPSA) is 26.3 Å². The van der Waals surface area contributed by atoms with Crippen LogP contribution in [0.3, 0.4) is 0 Å². The fourth-order valence-corrected chi connectivity index (χ4v) is 1.39. The molecule has 0 aromatic rings. The molecule has 2 rings (SSSR count). The molecule has 0 saturated heterocycles. The lowest BCUT2D eigenvalue weighted by molar-refractivity contribution is -0.141. The van der Waals surface area contributed by atoms with E-state index in [0.717, 1.165) is 6.08 Å². The first kappa shape index (κ1) is 11.2. The minimum Gasteiger partial charge on any atom is -0.430 e. The number of carbonyl (C=O) groups excluding carboxylic acids is 1. The molecule has 0 unspecified atom stereocenters. The molecular formula is C11H10F3O2. The van der Waals surface area contributed by atoms with Crippen LogP contribution < -0.4 is 0 Å². The Labute approximate surface area is 90.8 Å². The molecule has 87 valence electrons. The molecule has 0 atom stereocenters. The molecule has 1 fully saturated rings. The zero-order valence-electron chi connectivity index (χ0n) is 8.38. The second-order valence-electron chi connectivity index (χ2n) is 3.81. The van der Waals surface area contributed by atoms with Crippen molar-refractivity contribution in [3.63, 3.8) is 0 Å². The molecule has 0 spiro atoms. The Morgan fingerprint density at radius 2 is 2.06 bits per heavy atom. The summed E-state index contributed by atoms with van der Waals surface area (Å²) in [5, 5.41) is 0. The first-order chi connectivity index (χ1) is 7.48. The van der Waals surface area contributed by atoms with E-state index in [9.17, 15) is 18.0 Å². The number of hydrogen-bond donors (Lipinski definition) is 0. The molecule has 0 amide bonds. The zero-order chi connectivity index (χ0) is 11.8. The maximum atomic E-state index is 12.5. The van der Waals surface area contributed by atoms with Crippen molar-refractivity contribution >= 4 is 5.97 Å². The lowest BCUT2D eigenvalue weighted by Gasteiger charge is -2.17. The number of carbonyl (C=O) groups is 1. The lowest BCUT2D eigenvalue weighted by atomic mass is 10.0. The van der Waals surface area contributed by atoms with Crippen LogP contribution in [0.25, 0.3) is 0 Å². The minimum absolute atomic E-state index is 0.207. The van der Waals surface area contributed by atoms with Crippen molar-refractivity contribution in [1.29, 1.82) is 0 Å². The monoisotopic (exact) mass is 231 g/mol. The highest BCUT2D eigenvalue weighted by molar-refractivity contribution is 5.76. The van der Waals surface area contributed by atoms with Gasteiger partial charge < -0.3 is 4.74 Å². The van der Waals surface area contributed by atoms with Gasteiger partial charge in [0.05, 0.1) is 11.5 Å². The normalized spacial score (nSPS) is 21.2. The van der Waals surface area contributed by atoms with Gasteiger partial charge in [-0.3, -0.25) is 4.79 Å². The summed E-state index contributed by atoms with van der Waals surface area (Å²) in [6.07, 6.45) is 0.919. The van der Waals surface area contributed by atoms with E-state index in [1.54, 1.807) is 0 Å². The van der Waals surface area contributed by atoms with Crippen molar-refractivity contribution in [3.05, 3.63) is 29.9 Å². The van der Waals surface area contributed by atoms with E-state index < -0.39 is 17.7 Å². The molecule has 0 aromatic carbocycles. The van der Waals surface area contributed by atoms with E-state index in [1.807, 2.05) is 0 Å². The second-order valence-corrected chi connectivity index (χ2v) is 3.81. The van der Waals surface area contributed by atoms with Crippen molar-refractivity contribution in [1.82, 2.24) is 0 Å². The first-order valence-corrected chi connectivity index (χ1v) is 5.01. The van der Waals surface area contributed by atoms with Crippen molar-refractivity contribution in [3.8, 4) is 0 Å². The van der Waals surface area contributed by atoms with Gasteiger partial charge in [0.1, 0.15) is 5.76 Å². The summed E-state index contributed by atoms with van der Waals surface area (Å²) >= 11 is 0. The molecule has 5 heteroatoms. The first-order valence-electron chi connectivity index (χ1n) is 5.01. The van der Waals surface area contributed by atoms with Gasteiger partial charge in [0.25, 0.3) is 0 Å².